The number of nitrogens with one attached hydrogen (secondary N) is 1. The lowest BCUT2D eigenvalue weighted by atomic mass is 10.1. The van der Waals surface area contributed by atoms with E-state index >= 15 is 0 Å². The number of aromatic nitrogens is 2. The molecular weight excluding hydrogens is 158 g/mol. The Morgan fingerprint density at radius 3 is 3.09 bits per heavy atom. The summed E-state index contributed by atoms with van der Waals surface area (Å²) in [4.78, 5) is 7.48. The molecule has 1 unspecified atom stereocenters. The van der Waals surface area contributed by atoms with Gasteiger partial charge in [-0.15, -0.1) is 0 Å². The zero-order valence-electron chi connectivity index (χ0n) is 6.37. The van der Waals surface area contributed by atoms with Gasteiger partial charge in [-0.2, -0.15) is 0 Å². The van der Waals surface area contributed by atoms with Gasteiger partial charge in [-0.1, -0.05) is 19.1 Å². The lowest BCUT2D eigenvalue weighted by Gasteiger charge is -2.06. The van der Waals surface area contributed by atoms with Crippen LogP contribution in [0, 0.1) is 0 Å². The minimum atomic E-state index is 0.343. The van der Waals surface area contributed by atoms with Crippen LogP contribution >= 0.6 is 12.2 Å². The smallest absolute Gasteiger partial charge is 0.0921 e. The summed E-state index contributed by atoms with van der Waals surface area (Å²) in [6, 6.07) is 0. The molecular formula is C7H11N3S. The Labute approximate surface area is 71.0 Å². The summed E-state index contributed by atoms with van der Waals surface area (Å²) in [6.45, 7) is 2.06. The third-order valence-electron chi connectivity index (χ3n) is 1.56. The molecule has 0 saturated carbocycles. The van der Waals surface area contributed by atoms with Crippen LogP contribution in [0.5, 0.6) is 0 Å². The molecule has 0 spiro atoms. The zero-order chi connectivity index (χ0) is 8.27. The van der Waals surface area contributed by atoms with E-state index in [4.69, 9.17) is 18.0 Å². The second-order valence-corrected chi connectivity index (χ2v) is 3.10. The fourth-order valence-corrected chi connectivity index (χ4v) is 1.20. The molecule has 1 heterocycles. The van der Waals surface area contributed by atoms with E-state index in [2.05, 4.69) is 16.9 Å². The number of H-pyrrole nitrogens is 1. The van der Waals surface area contributed by atoms with Gasteiger partial charge in [0.25, 0.3) is 0 Å². The maximum atomic E-state index is 5.40. The Balaban J connectivity index is 2.56. The molecule has 3 nitrogen and oxygen atoms in total. The van der Waals surface area contributed by atoms with E-state index in [0.717, 1.165) is 12.1 Å². The van der Waals surface area contributed by atoms with E-state index in [0.29, 0.717) is 10.9 Å². The maximum Gasteiger partial charge on any atom is 0.0921 e. The summed E-state index contributed by atoms with van der Waals surface area (Å²) in [5, 5.41) is 0. The Bertz CT molecular complexity index is 230. The van der Waals surface area contributed by atoms with Crippen molar-refractivity contribution < 1.29 is 0 Å². The molecule has 0 bridgehead atoms. The molecule has 1 aromatic heterocycles. The third-order valence-corrected chi connectivity index (χ3v) is 1.72. The lowest BCUT2D eigenvalue weighted by molar-refractivity contribution is 0.779. The number of aromatic amines is 1. The Morgan fingerprint density at radius 1 is 1.91 bits per heavy atom. The van der Waals surface area contributed by atoms with Gasteiger partial charge >= 0.3 is 0 Å². The van der Waals surface area contributed by atoms with Gasteiger partial charge in [-0.3, -0.25) is 0 Å². The van der Waals surface area contributed by atoms with Gasteiger partial charge in [-0.25, -0.2) is 4.98 Å². The predicted octanol–water partition coefficient (Wildman–Crippen LogP) is 1.19. The third kappa shape index (κ3) is 2.31. The van der Waals surface area contributed by atoms with Gasteiger partial charge in [-0.05, 0) is 0 Å². The van der Waals surface area contributed by atoms with Crippen LogP contribution in [0.25, 0.3) is 0 Å². The Morgan fingerprint density at radius 2 is 2.64 bits per heavy atom. The monoisotopic (exact) mass is 169 g/mol. The normalized spacial score (nSPS) is 12.8. The molecule has 1 atom stereocenters. The van der Waals surface area contributed by atoms with Crippen molar-refractivity contribution in [3.05, 3.63) is 18.2 Å². The summed E-state index contributed by atoms with van der Waals surface area (Å²) >= 11 is 4.79. The predicted molar refractivity (Wildman–Crippen MR) is 48.4 cm³/mol. The van der Waals surface area contributed by atoms with Gasteiger partial charge in [0.05, 0.1) is 11.3 Å². The van der Waals surface area contributed by atoms with Crippen molar-refractivity contribution in [3.63, 3.8) is 0 Å². The van der Waals surface area contributed by atoms with E-state index in [9.17, 15) is 0 Å². The standard InChI is InChI=1S/C7H11N3S/c1-5(2-7(8)11)6-3-9-4-10-6/h3-5H,2H2,1H3,(H2,8,11)(H,9,10). The van der Waals surface area contributed by atoms with Crippen LogP contribution in [0.1, 0.15) is 25.0 Å². The highest BCUT2D eigenvalue weighted by Crippen LogP contribution is 2.14. The molecule has 3 N–H and O–H groups in total. The maximum absolute atomic E-state index is 5.40. The second-order valence-electron chi connectivity index (χ2n) is 2.58. The molecule has 1 aromatic rings. The van der Waals surface area contributed by atoms with Crippen LogP contribution in [0.15, 0.2) is 12.5 Å². The van der Waals surface area contributed by atoms with Gasteiger partial charge in [0, 0.05) is 24.2 Å². The highest BCUT2D eigenvalue weighted by Gasteiger charge is 2.06. The number of rotatable bonds is 3. The number of nitrogens with two attached hydrogens (primary N) is 1. The second kappa shape index (κ2) is 3.48. The summed E-state index contributed by atoms with van der Waals surface area (Å²) in [5.74, 6) is 0.343. The van der Waals surface area contributed by atoms with Crippen molar-refractivity contribution in [2.24, 2.45) is 5.73 Å². The van der Waals surface area contributed by atoms with Crippen LogP contribution in [0.4, 0.5) is 0 Å². The van der Waals surface area contributed by atoms with E-state index in [-0.39, 0.29) is 0 Å². The minimum absolute atomic E-state index is 0.343. The number of hydrogen-bond acceptors (Lipinski definition) is 2. The van der Waals surface area contributed by atoms with Crippen molar-refractivity contribution in [2.75, 3.05) is 0 Å². The summed E-state index contributed by atoms with van der Waals surface area (Å²) in [6.07, 6.45) is 4.19. The fraction of sp³-hybridized carbons (Fsp3) is 0.429. The summed E-state index contributed by atoms with van der Waals surface area (Å²) < 4.78 is 0. The van der Waals surface area contributed by atoms with Crippen LogP contribution in [-0.4, -0.2) is 15.0 Å². The molecule has 0 fully saturated rings. The first-order chi connectivity index (χ1) is 5.20. The zero-order valence-corrected chi connectivity index (χ0v) is 7.19. The quantitative estimate of drug-likeness (QED) is 0.668. The van der Waals surface area contributed by atoms with E-state index < -0.39 is 0 Å². The van der Waals surface area contributed by atoms with Gasteiger partial charge in [0.1, 0.15) is 0 Å². The largest absolute Gasteiger partial charge is 0.393 e. The number of imidazole rings is 1. The fourth-order valence-electron chi connectivity index (χ4n) is 0.948. The average Bonchev–Trinajstić information content (AvgIpc) is 2.35. The molecule has 0 aromatic carbocycles. The highest BCUT2D eigenvalue weighted by molar-refractivity contribution is 7.80. The highest BCUT2D eigenvalue weighted by atomic mass is 32.1. The number of thiocarbonyl (C=S) groups is 1. The van der Waals surface area contributed by atoms with E-state index in [1.165, 1.54) is 0 Å². The van der Waals surface area contributed by atoms with Crippen molar-refractivity contribution in [2.45, 2.75) is 19.3 Å². The van der Waals surface area contributed by atoms with Crippen molar-refractivity contribution in [3.8, 4) is 0 Å². The Kier molecular flexibility index (Phi) is 2.59. The van der Waals surface area contributed by atoms with Crippen LogP contribution < -0.4 is 5.73 Å². The van der Waals surface area contributed by atoms with Crippen LogP contribution in [0.2, 0.25) is 0 Å². The first-order valence-corrected chi connectivity index (χ1v) is 3.87. The molecule has 0 radical (unpaired) electrons. The van der Waals surface area contributed by atoms with Crippen LogP contribution in [-0.2, 0) is 0 Å². The molecule has 0 saturated heterocycles. The van der Waals surface area contributed by atoms with Gasteiger partial charge in [0.2, 0.25) is 0 Å². The van der Waals surface area contributed by atoms with E-state index in [1.54, 1.807) is 12.5 Å². The van der Waals surface area contributed by atoms with E-state index in [1.807, 2.05) is 0 Å². The SMILES string of the molecule is CC(CC(N)=S)c1cnc[nH]1. The molecule has 4 heteroatoms. The topological polar surface area (TPSA) is 54.7 Å². The van der Waals surface area contributed by atoms with Crippen molar-refractivity contribution in [1.29, 1.82) is 0 Å². The minimum Gasteiger partial charge on any atom is -0.393 e. The molecule has 60 valence electrons. The number of nitrogens with zero attached hydrogens (tertiary/aromatic N) is 1. The van der Waals surface area contributed by atoms with Crippen LogP contribution in [0.3, 0.4) is 0 Å². The number of hydrogen-bond donors (Lipinski definition) is 2. The Hall–Kier alpha value is -0.900. The summed E-state index contributed by atoms with van der Waals surface area (Å²) in [5.41, 5.74) is 6.48. The lowest BCUT2D eigenvalue weighted by Crippen LogP contribution is -2.11. The summed E-state index contributed by atoms with van der Waals surface area (Å²) in [7, 11) is 0. The molecule has 0 aliphatic heterocycles. The molecule has 11 heavy (non-hydrogen) atoms. The average molecular weight is 169 g/mol. The van der Waals surface area contributed by atoms with Crippen molar-refractivity contribution >= 4 is 17.2 Å². The van der Waals surface area contributed by atoms with Gasteiger partial charge in [0.15, 0.2) is 0 Å². The molecule has 1 rings (SSSR count). The molecule has 0 amide bonds. The van der Waals surface area contributed by atoms with Gasteiger partial charge < -0.3 is 10.7 Å². The molecule has 0 aliphatic carbocycles. The first-order valence-electron chi connectivity index (χ1n) is 3.46. The molecule has 0 aliphatic rings. The first kappa shape index (κ1) is 8.20. The van der Waals surface area contributed by atoms with Crippen molar-refractivity contribution in [1.82, 2.24) is 9.97 Å².